The van der Waals surface area contributed by atoms with E-state index in [2.05, 4.69) is 5.32 Å². The van der Waals surface area contributed by atoms with Crippen LogP contribution in [0.2, 0.25) is 0 Å². The van der Waals surface area contributed by atoms with Gasteiger partial charge in [-0.15, -0.1) is 0 Å². The zero-order valence-corrected chi connectivity index (χ0v) is 12.0. The minimum atomic E-state index is -1.11. The zero-order chi connectivity index (χ0) is 15.4. The van der Waals surface area contributed by atoms with Gasteiger partial charge in [0.15, 0.2) is 0 Å². The van der Waals surface area contributed by atoms with E-state index < -0.39 is 17.7 Å². The predicted octanol–water partition coefficient (Wildman–Crippen LogP) is 1.46. The summed E-state index contributed by atoms with van der Waals surface area (Å²) >= 11 is 0. The van der Waals surface area contributed by atoms with Crippen LogP contribution < -0.4 is 5.32 Å². The Morgan fingerprint density at radius 3 is 3.00 bits per heavy atom. The second-order valence-corrected chi connectivity index (χ2v) is 5.39. The molecule has 0 aliphatic carbocycles. The molecule has 0 bridgehead atoms. The second kappa shape index (κ2) is 6.95. The lowest BCUT2D eigenvalue weighted by Gasteiger charge is -2.33. The van der Waals surface area contributed by atoms with Crippen LogP contribution in [0.15, 0.2) is 18.2 Å². The average Bonchev–Trinajstić information content (AvgIpc) is 2.49. The van der Waals surface area contributed by atoms with Crippen LogP contribution in [0.1, 0.15) is 24.5 Å². The van der Waals surface area contributed by atoms with Gasteiger partial charge in [-0.25, -0.2) is 8.78 Å². The Hall–Kier alpha value is -1.53. The second-order valence-electron chi connectivity index (χ2n) is 5.39. The fourth-order valence-corrected chi connectivity index (χ4v) is 2.75. The Morgan fingerprint density at radius 2 is 2.29 bits per heavy atom. The number of amides is 1. The van der Waals surface area contributed by atoms with Gasteiger partial charge in [0.25, 0.3) is 0 Å². The lowest BCUT2D eigenvalue weighted by atomic mass is 9.96. The van der Waals surface area contributed by atoms with Gasteiger partial charge in [0.1, 0.15) is 11.6 Å². The van der Waals surface area contributed by atoms with Gasteiger partial charge >= 0.3 is 0 Å². The summed E-state index contributed by atoms with van der Waals surface area (Å²) in [5.74, 6) is -1.34. The topological polar surface area (TPSA) is 52.6 Å². The highest BCUT2D eigenvalue weighted by Gasteiger charge is 2.27. The van der Waals surface area contributed by atoms with Gasteiger partial charge in [0.2, 0.25) is 5.91 Å². The summed E-state index contributed by atoms with van der Waals surface area (Å²) in [4.78, 5) is 13.6. The largest absolute Gasteiger partial charge is 0.387 e. The van der Waals surface area contributed by atoms with Crippen molar-refractivity contribution in [3.8, 4) is 0 Å². The van der Waals surface area contributed by atoms with Crippen molar-refractivity contribution in [2.45, 2.75) is 18.9 Å². The molecule has 2 rings (SSSR count). The van der Waals surface area contributed by atoms with Gasteiger partial charge in [-0.05, 0) is 37.6 Å². The Bertz CT molecular complexity index is 510. The molecule has 1 aromatic carbocycles. The van der Waals surface area contributed by atoms with Crippen molar-refractivity contribution < 1.29 is 18.7 Å². The van der Waals surface area contributed by atoms with Crippen LogP contribution in [-0.4, -0.2) is 42.6 Å². The molecule has 1 aromatic rings. The minimum Gasteiger partial charge on any atom is -0.387 e. The third-order valence-electron chi connectivity index (χ3n) is 3.87. The van der Waals surface area contributed by atoms with E-state index in [9.17, 15) is 18.7 Å². The Balaban J connectivity index is 2.00. The number of hydrogen-bond acceptors (Lipinski definition) is 3. The van der Waals surface area contributed by atoms with E-state index in [0.29, 0.717) is 6.54 Å². The lowest BCUT2D eigenvalue weighted by Crippen LogP contribution is -2.43. The first-order chi connectivity index (χ1) is 10.0. The average molecular weight is 298 g/mol. The number of rotatable bonds is 4. The molecule has 2 N–H and O–H groups in total. The van der Waals surface area contributed by atoms with Crippen LogP contribution in [-0.2, 0) is 4.79 Å². The van der Waals surface area contributed by atoms with Crippen LogP contribution >= 0.6 is 0 Å². The van der Waals surface area contributed by atoms with Crippen molar-refractivity contribution in [1.29, 1.82) is 0 Å². The highest BCUT2D eigenvalue weighted by molar-refractivity contribution is 5.78. The normalized spacial score (nSPS) is 21.0. The molecule has 2 atom stereocenters. The first kappa shape index (κ1) is 15.9. The molecule has 1 amide bonds. The molecular formula is C15H20F2N2O2. The Labute approximate surface area is 122 Å². The summed E-state index contributed by atoms with van der Waals surface area (Å²) in [6.45, 7) is 1.45. The highest BCUT2D eigenvalue weighted by atomic mass is 19.1. The van der Waals surface area contributed by atoms with E-state index in [0.717, 1.165) is 37.6 Å². The van der Waals surface area contributed by atoms with Crippen molar-refractivity contribution in [3.63, 3.8) is 0 Å². The van der Waals surface area contributed by atoms with E-state index >= 15 is 0 Å². The first-order valence-corrected chi connectivity index (χ1v) is 7.08. The van der Waals surface area contributed by atoms with Crippen LogP contribution in [0.25, 0.3) is 0 Å². The van der Waals surface area contributed by atoms with E-state index in [1.54, 1.807) is 7.05 Å². The third-order valence-corrected chi connectivity index (χ3v) is 3.87. The number of nitrogens with zero attached hydrogens (tertiary/aromatic N) is 1. The molecule has 4 nitrogen and oxygen atoms in total. The number of hydrogen-bond donors (Lipinski definition) is 2. The van der Waals surface area contributed by atoms with Crippen molar-refractivity contribution in [2.24, 2.45) is 5.92 Å². The number of likely N-dealkylation sites (tertiary alicyclic amines) is 1. The number of carbonyl (C=O) groups excluding carboxylic acids is 1. The zero-order valence-electron chi connectivity index (χ0n) is 12.0. The van der Waals surface area contributed by atoms with Gasteiger partial charge in [-0.1, -0.05) is 0 Å². The molecule has 1 aliphatic rings. The molecule has 1 heterocycles. The molecule has 6 heteroatoms. The van der Waals surface area contributed by atoms with Gasteiger partial charge in [-0.2, -0.15) is 0 Å². The lowest BCUT2D eigenvalue weighted by molar-refractivity contribution is -0.126. The summed E-state index contributed by atoms with van der Waals surface area (Å²) in [5.41, 5.74) is -0.0444. The number of benzene rings is 1. The van der Waals surface area contributed by atoms with Gasteiger partial charge < -0.3 is 10.4 Å². The molecule has 1 saturated heterocycles. The number of aliphatic hydroxyl groups excluding tert-OH is 1. The molecule has 0 aromatic heterocycles. The molecule has 0 radical (unpaired) electrons. The number of piperidine rings is 1. The Morgan fingerprint density at radius 1 is 1.52 bits per heavy atom. The maximum Gasteiger partial charge on any atom is 0.224 e. The summed E-state index contributed by atoms with van der Waals surface area (Å²) in [6, 6.07) is 3.05. The maximum absolute atomic E-state index is 13.6. The molecule has 1 aliphatic heterocycles. The third kappa shape index (κ3) is 3.98. The number of halogens is 2. The van der Waals surface area contributed by atoms with E-state index in [4.69, 9.17) is 0 Å². The van der Waals surface area contributed by atoms with Crippen LogP contribution in [0.4, 0.5) is 8.78 Å². The van der Waals surface area contributed by atoms with Crippen LogP contribution in [0.3, 0.4) is 0 Å². The number of β-amino-alcohol motifs (C(OH)–C–C–N with tert-alkyl or cyclic N) is 1. The Kier molecular flexibility index (Phi) is 5.25. The van der Waals surface area contributed by atoms with Crippen LogP contribution in [0, 0.1) is 17.6 Å². The van der Waals surface area contributed by atoms with E-state index in [-0.39, 0.29) is 23.9 Å². The predicted molar refractivity (Wildman–Crippen MR) is 74.5 cm³/mol. The van der Waals surface area contributed by atoms with Crippen LogP contribution in [0.5, 0.6) is 0 Å². The standard InChI is InChI=1S/C15H20F2N2O2/c1-18-15(21)10-3-2-6-19(8-10)9-14(20)12-7-11(16)4-5-13(12)17/h4-5,7,10,14,20H,2-3,6,8-9H2,1H3,(H,18,21). The summed E-state index contributed by atoms with van der Waals surface area (Å²) < 4.78 is 26.8. The number of aliphatic hydroxyl groups is 1. The van der Waals surface area contributed by atoms with Crippen molar-refractivity contribution in [2.75, 3.05) is 26.7 Å². The summed E-state index contributed by atoms with van der Waals surface area (Å²) in [6.07, 6.45) is 0.543. The molecule has 0 spiro atoms. The van der Waals surface area contributed by atoms with E-state index in [1.165, 1.54) is 0 Å². The molecule has 116 valence electrons. The van der Waals surface area contributed by atoms with Crippen molar-refractivity contribution in [1.82, 2.24) is 10.2 Å². The SMILES string of the molecule is CNC(=O)C1CCCN(CC(O)c2cc(F)ccc2F)C1. The summed E-state index contributed by atoms with van der Waals surface area (Å²) in [5, 5.41) is 12.7. The fraction of sp³-hybridized carbons (Fsp3) is 0.533. The minimum absolute atomic E-state index is 0.0221. The monoisotopic (exact) mass is 298 g/mol. The molecule has 0 saturated carbocycles. The van der Waals surface area contributed by atoms with Crippen molar-refractivity contribution >= 4 is 5.91 Å². The fourth-order valence-electron chi connectivity index (χ4n) is 2.75. The maximum atomic E-state index is 13.6. The molecular weight excluding hydrogens is 278 g/mol. The number of carbonyl (C=O) groups is 1. The molecule has 21 heavy (non-hydrogen) atoms. The highest BCUT2D eigenvalue weighted by Crippen LogP contribution is 2.23. The van der Waals surface area contributed by atoms with Gasteiger partial charge in [0, 0.05) is 25.7 Å². The number of nitrogens with one attached hydrogen (secondary N) is 1. The summed E-state index contributed by atoms with van der Waals surface area (Å²) in [7, 11) is 1.60. The van der Waals surface area contributed by atoms with Gasteiger partial charge in [-0.3, -0.25) is 9.69 Å². The van der Waals surface area contributed by atoms with Crippen molar-refractivity contribution in [3.05, 3.63) is 35.4 Å². The van der Waals surface area contributed by atoms with Gasteiger partial charge in [0.05, 0.1) is 12.0 Å². The first-order valence-electron chi connectivity index (χ1n) is 7.08. The molecule has 1 fully saturated rings. The van der Waals surface area contributed by atoms with E-state index in [1.807, 2.05) is 4.90 Å². The quantitative estimate of drug-likeness (QED) is 0.885. The molecule has 2 unspecified atom stereocenters. The smallest absolute Gasteiger partial charge is 0.224 e.